The predicted molar refractivity (Wildman–Crippen MR) is 158 cm³/mol. The Labute approximate surface area is 322 Å². The van der Waals surface area contributed by atoms with E-state index in [0.717, 1.165) is 0 Å². The number of nitrogens with zero attached hydrogens (tertiary/aromatic N) is 6. The van der Waals surface area contributed by atoms with Gasteiger partial charge in [-0.25, -0.2) is 0 Å². The van der Waals surface area contributed by atoms with Crippen molar-refractivity contribution in [1.82, 2.24) is 29.9 Å². The molecule has 0 fully saturated rings. The summed E-state index contributed by atoms with van der Waals surface area (Å²) in [5.41, 5.74) is 0. The Morgan fingerprint density at radius 2 is 0.327 bits per heavy atom. The van der Waals surface area contributed by atoms with Gasteiger partial charge in [0, 0.05) is 74.4 Å². The minimum Gasteiger partial charge on any atom is -0.265 e. The van der Waals surface area contributed by atoms with E-state index in [-0.39, 0.29) is 50.3 Å². The van der Waals surface area contributed by atoms with Gasteiger partial charge < -0.3 is 0 Å². The summed E-state index contributed by atoms with van der Waals surface area (Å²) in [6, 6.07) is 34.3. The second kappa shape index (κ2) is 42.9. The summed E-state index contributed by atoms with van der Waals surface area (Å²) < 4.78 is 68.9. The maximum Gasteiger partial charge on any atom is 2.00 e. The van der Waals surface area contributed by atoms with E-state index in [0.29, 0.717) is 0 Å². The zero-order chi connectivity index (χ0) is 34.5. The van der Waals surface area contributed by atoms with Gasteiger partial charge in [-0.1, -0.05) is 36.4 Å². The second-order valence-electron chi connectivity index (χ2n) is 7.04. The molecule has 0 aromatic carbocycles. The Morgan fingerprint density at radius 1 is 0.245 bits per heavy atom. The van der Waals surface area contributed by atoms with Crippen LogP contribution in [0.1, 0.15) is 0 Å². The Kier molecular flexibility index (Phi) is 48.4. The first kappa shape index (κ1) is 55.3. The van der Waals surface area contributed by atoms with Crippen molar-refractivity contribution >= 4 is 29.0 Å². The molecule has 0 amide bonds. The average Bonchev–Trinajstić information content (AvgIpc) is 3.09. The molecule has 49 heavy (non-hydrogen) atoms. The van der Waals surface area contributed by atoms with E-state index >= 15 is 0 Å². The van der Waals surface area contributed by atoms with E-state index in [9.17, 15) is 0 Å². The smallest absolute Gasteiger partial charge is 0.265 e. The molecule has 265 valence electrons. The van der Waals surface area contributed by atoms with E-state index in [1.165, 1.54) is 0 Å². The molecule has 0 atom stereocenters. The van der Waals surface area contributed by atoms with Gasteiger partial charge in [0.1, 0.15) is 0 Å². The fraction of sp³-hybridized carbons (Fsp3) is 0. The molecule has 0 saturated carbocycles. The zero-order valence-electron chi connectivity index (χ0n) is 25.2. The van der Waals surface area contributed by atoms with E-state index < -0.39 is 29.0 Å². The van der Waals surface area contributed by atoms with Crippen molar-refractivity contribution in [3.05, 3.63) is 184 Å². The van der Waals surface area contributed by atoms with E-state index in [1.54, 1.807) is 74.4 Å². The standard InChI is InChI=1S/6C5H5N.2AsH3O4.3Co/c6*1-2-4-6-5-3-1;2*2-1(3,4)5;;;/h6*1-5H;2*(H3,2,3,4,5);;;/q;;;;;;;;3*+2/p-6. The van der Waals surface area contributed by atoms with Crippen molar-refractivity contribution in [3.63, 3.8) is 0 Å². The van der Waals surface area contributed by atoms with Gasteiger partial charge in [0.15, 0.2) is 0 Å². The Balaban J connectivity index is -0.000000149. The number of rotatable bonds is 0. The number of pyridine rings is 6. The summed E-state index contributed by atoms with van der Waals surface area (Å²) in [5.74, 6) is 0. The third-order valence-corrected chi connectivity index (χ3v) is 3.40. The molecule has 0 aliphatic heterocycles. The largest absolute Gasteiger partial charge is 2.00 e. The monoisotopic (exact) mass is 929 g/mol. The fourth-order valence-corrected chi connectivity index (χ4v) is 1.88. The molecule has 0 aliphatic carbocycles. The van der Waals surface area contributed by atoms with Crippen LogP contribution in [0.3, 0.4) is 0 Å². The summed E-state index contributed by atoms with van der Waals surface area (Å²) in [6.45, 7) is 0. The maximum atomic E-state index is 8.61. The van der Waals surface area contributed by atoms with Crippen LogP contribution in [0.25, 0.3) is 0 Å². The summed E-state index contributed by atoms with van der Waals surface area (Å²) in [6.07, 6.45) is 21.0. The summed E-state index contributed by atoms with van der Waals surface area (Å²) in [4.78, 5) is 22.7. The molecule has 0 spiro atoms. The van der Waals surface area contributed by atoms with Crippen molar-refractivity contribution < 1.29 is 82.4 Å². The minimum absolute atomic E-state index is 0. The van der Waals surface area contributed by atoms with Crippen LogP contribution in [0.4, 0.5) is 0 Å². The molecule has 6 aromatic heterocycles. The predicted octanol–water partition coefficient (Wildman–Crippen LogP) is -1.65. The van der Waals surface area contributed by atoms with Crippen LogP contribution in [-0.4, -0.2) is 58.9 Å². The molecule has 0 N–H and O–H groups in total. The van der Waals surface area contributed by atoms with Crippen LogP contribution in [0.5, 0.6) is 0 Å². The third-order valence-electron chi connectivity index (χ3n) is 3.40. The van der Waals surface area contributed by atoms with Crippen LogP contribution < -0.4 is 24.6 Å². The van der Waals surface area contributed by atoms with Gasteiger partial charge in [-0.3, -0.25) is 29.9 Å². The van der Waals surface area contributed by atoms with E-state index in [4.69, 9.17) is 32.1 Å². The van der Waals surface area contributed by atoms with Crippen molar-refractivity contribution in [2.75, 3.05) is 0 Å². The van der Waals surface area contributed by atoms with Gasteiger partial charge in [-0.05, 0) is 72.8 Å². The van der Waals surface area contributed by atoms with Gasteiger partial charge in [0.2, 0.25) is 0 Å². The third kappa shape index (κ3) is 76.3. The molecule has 6 heterocycles. The van der Waals surface area contributed by atoms with Crippen LogP contribution in [-0.2, 0) is 57.8 Å². The number of hydrogen-bond acceptors (Lipinski definition) is 14. The second-order valence-corrected chi connectivity index (χ2v) is 10.8. The average molecular weight is 929 g/mol. The zero-order valence-corrected chi connectivity index (χ0v) is 32.0. The van der Waals surface area contributed by atoms with Crippen LogP contribution in [0.15, 0.2) is 184 Å². The van der Waals surface area contributed by atoms with Crippen LogP contribution in [0, 0.1) is 0 Å². The minimum atomic E-state index is -5.88. The Hall–Kier alpha value is -3.10. The van der Waals surface area contributed by atoms with Gasteiger partial charge >= 0.3 is 111 Å². The molecule has 0 aliphatic rings. The van der Waals surface area contributed by atoms with Gasteiger partial charge in [0.05, 0.1) is 0 Å². The van der Waals surface area contributed by atoms with Crippen molar-refractivity contribution in [3.8, 4) is 0 Å². The summed E-state index contributed by atoms with van der Waals surface area (Å²) in [5, 5.41) is 0. The number of aromatic nitrogens is 6. The SMILES string of the molecule is O=[As]([O-])([O-])[O-].O=[As]([O-])([O-])[O-].[Co+2].[Co+2].[Co+2].c1ccncc1.c1ccncc1.c1ccncc1.c1ccncc1.c1ccncc1.c1ccncc1. The van der Waals surface area contributed by atoms with E-state index in [1.807, 2.05) is 109 Å². The summed E-state index contributed by atoms with van der Waals surface area (Å²) >= 11 is -11.8. The van der Waals surface area contributed by atoms with Crippen LogP contribution >= 0.6 is 0 Å². The van der Waals surface area contributed by atoms with Crippen molar-refractivity contribution in [2.24, 2.45) is 0 Å². The molecular weight excluding hydrogens is 899 g/mol. The molecule has 14 nitrogen and oxygen atoms in total. The van der Waals surface area contributed by atoms with Gasteiger partial charge in [-0.2, -0.15) is 0 Å². The van der Waals surface area contributed by atoms with Crippen LogP contribution in [0.2, 0.25) is 0 Å². The molecule has 0 saturated heterocycles. The van der Waals surface area contributed by atoms with Gasteiger partial charge in [-0.15, -0.1) is 0 Å². The molecule has 3 radical (unpaired) electrons. The van der Waals surface area contributed by atoms with E-state index in [2.05, 4.69) is 29.9 Å². The fourth-order valence-electron chi connectivity index (χ4n) is 1.88. The van der Waals surface area contributed by atoms with Crippen molar-refractivity contribution in [2.45, 2.75) is 0 Å². The molecule has 0 unspecified atom stereocenters. The van der Waals surface area contributed by atoms with Crippen molar-refractivity contribution in [1.29, 1.82) is 0 Å². The maximum absolute atomic E-state index is 8.61. The molecular formula is C30H30As2Co3N6O8. The molecule has 6 aromatic rings. The molecule has 19 heteroatoms. The summed E-state index contributed by atoms with van der Waals surface area (Å²) in [7, 11) is 0. The first-order chi connectivity index (χ1) is 22.0. The first-order valence-corrected chi connectivity index (χ1v) is 18.7. The Bertz CT molecular complexity index is 1020. The Morgan fingerprint density at radius 3 is 0.347 bits per heavy atom. The molecule has 6 rings (SSSR count). The topological polar surface area (TPSA) is 250 Å². The number of hydrogen-bond donors (Lipinski definition) is 0. The normalized spacial score (nSPS) is 8.29. The quantitative estimate of drug-likeness (QED) is 0.155. The van der Waals surface area contributed by atoms with Gasteiger partial charge in [0.25, 0.3) is 0 Å². The molecule has 0 bridgehead atoms. The first-order valence-electron chi connectivity index (χ1n) is 12.6.